The van der Waals surface area contributed by atoms with Gasteiger partial charge in [0.15, 0.2) is 0 Å². The number of aromatic nitrogens is 1. The Labute approximate surface area is 194 Å². The number of pyridine rings is 1. The summed E-state index contributed by atoms with van der Waals surface area (Å²) in [6.45, 7) is 3.43. The lowest BCUT2D eigenvalue weighted by molar-refractivity contribution is 0.119. The third kappa shape index (κ3) is 4.74. The molecule has 6 heteroatoms. The molecule has 0 spiro atoms. The Morgan fingerprint density at radius 3 is 3.16 bits per heavy atom. The molecule has 1 aliphatic carbocycles. The highest BCUT2D eigenvalue weighted by molar-refractivity contribution is 8.00. The van der Waals surface area contributed by atoms with E-state index in [0.717, 1.165) is 59.7 Å². The van der Waals surface area contributed by atoms with Crippen LogP contribution in [0.4, 0.5) is 5.69 Å². The Bertz CT molecular complexity index is 1080. The molecule has 162 valence electrons. The summed E-state index contributed by atoms with van der Waals surface area (Å²) in [5.41, 5.74) is 6.06. The molecule has 1 saturated heterocycles. The first-order valence-corrected chi connectivity index (χ1v) is 11.9. The Kier molecular flexibility index (Phi) is 7.16. The monoisotopic (exact) mass is 453 g/mol. The van der Waals surface area contributed by atoms with E-state index in [1.807, 2.05) is 18.0 Å². The third-order valence-electron chi connectivity index (χ3n) is 5.76. The van der Waals surface area contributed by atoms with Crippen LogP contribution in [-0.4, -0.2) is 39.9 Å². The zero-order valence-corrected chi connectivity index (χ0v) is 19.4. The number of halogens is 1. The predicted molar refractivity (Wildman–Crippen MR) is 134 cm³/mol. The minimum atomic E-state index is 0. The number of benzene rings is 1. The van der Waals surface area contributed by atoms with E-state index in [0.29, 0.717) is 6.61 Å². The topological polar surface area (TPSA) is 37.7 Å². The maximum atomic E-state index is 5.70. The van der Waals surface area contributed by atoms with Crippen LogP contribution in [0.25, 0.3) is 10.8 Å². The summed E-state index contributed by atoms with van der Waals surface area (Å²) in [5, 5.41) is 2.27. The molecule has 0 saturated carbocycles. The maximum Gasteiger partial charge on any atom is 0.0888 e. The molecule has 2 aliphatic heterocycles. The minimum Gasteiger partial charge on any atom is -0.375 e. The summed E-state index contributed by atoms with van der Waals surface area (Å²) >= 11 is 1.93. The molecular weight excluding hydrogens is 426 g/mol. The Morgan fingerprint density at radius 2 is 2.26 bits per heavy atom. The van der Waals surface area contributed by atoms with Crippen molar-refractivity contribution in [3.8, 4) is 0 Å². The van der Waals surface area contributed by atoms with Crippen LogP contribution in [-0.2, 0) is 11.3 Å². The van der Waals surface area contributed by atoms with Gasteiger partial charge in [-0.15, -0.1) is 24.2 Å². The SMILES string of the molecule is CCCOCc1cc2c(N=C3CSCN4C=C5C=CCCC5=CC34)cccc2cn1.Cl. The lowest BCUT2D eigenvalue weighted by Gasteiger charge is -2.38. The fraction of sp³-hybridized carbons (Fsp3) is 0.360. The van der Waals surface area contributed by atoms with Crippen molar-refractivity contribution >= 4 is 46.3 Å². The fourth-order valence-corrected chi connectivity index (χ4v) is 5.23. The quantitative estimate of drug-likeness (QED) is 0.505. The van der Waals surface area contributed by atoms with Crippen molar-refractivity contribution in [1.29, 1.82) is 0 Å². The number of nitrogens with zero attached hydrogens (tertiary/aromatic N) is 3. The summed E-state index contributed by atoms with van der Waals surface area (Å²) < 4.78 is 5.70. The number of thioether (sulfide) groups is 1. The first-order chi connectivity index (χ1) is 14.8. The molecule has 31 heavy (non-hydrogen) atoms. The van der Waals surface area contributed by atoms with Gasteiger partial charge >= 0.3 is 0 Å². The number of allylic oxidation sites excluding steroid dienone is 4. The van der Waals surface area contributed by atoms with Gasteiger partial charge in [-0.2, -0.15) is 0 Å². The zero-order valence-electron chi connectivity index (χ0n) is 17.8. The van der Waals surface area contributed by atoms with Gasteiger partial charge in [0.05, 0.1) is 35.6 Å². The lowest BCUT2D eigenvalue weighted by atomic mass is 9.90. The average Bonchev–Trinajstić information content (AvgIpc) is 2.78. The maximum absolute atomic E-state index is 5.70. The fourth-order valence-electron chi connectivity index (χ4n) is 4.24. The van der Waals surface area contributed by atoms with Crippen molar-refractivity contribution in [2.24, 2.45) is 4.99 Å². The zero-order chi connectivity index (χ0) is 20.3. The molecule has 0 radical (unpaired) electrons. The predicted octanol–water partition coefficient (Wildman–Crippen LogP) is 6.20. The van der Waals surface area contributed by atoms with Crippen LogP contribution >= 0.6 is 24.2 Å². The van der Waals surface area contributed by atoms with Gasteiger partial charge in [-0.25, -0.2) is 0 Å². The second kappa shape index (κ2) is 10.0. The standard InChI is InChI=1S/C25H27N3OS.ClH/c1-2-10-29-15-21-12-22-19(13-26-21)8-5-9-23(22)27-24-16-30-17-28-14-20-7-4-3-6-18(20)11-25(24)28;/h4-5,7-9,11-14,25H,2-3,6,10,15-17H2,1H3;1H. The molecule has 1 fully saturated rings. The van der Waals surface area contributed by atoms with Crippen molar-refractivity contribution in [3.05, 3.63) is 71.7 Å². The largest absolute Gasteiger partial charge is 0.375 e. The van der Waals surface area contributed by atoms with Crippen LogP contribution in [0.15, 0.2) is 71.0 Å². The second-order valence-electron chi connectivity index (χ2n) is 7.98. The number of aliphatic imine (C=N–C) groups is 1. The molecular formula is C25H28ClN3OS. The highest BCUT2D eigenvalue weighted by Crippen LogP contribution is 2.34. The van der Waals surface area contributed by atoms with Gasteiger partial charge in [-0.1, -0.05) is 37.3 Å². The molecule has 4 nitrogen and oxygen atoms in total. The van der Waals surface area contributed by atoms with Crippen molar-refractivity contribution in [2.45, 2.75) is 38.8 Å². The average molecular weight is 454 g/mol. The van der Waals surface area contributed by atoms with Gasteiger partial charge in [0.1, 0.15) is 0 Å². The van der Waals surface area contributed by atoms with Crippen LogP contribution in [0.5, 0.6) is 0 Å². The van der Waals surface area contributed by atoms with Gasteiger partial charge in [-0.05, 0) is 42.5 Å². The van der Waals surface area contributed by atoms with E-state index in [1.165, 1.54) is 16.9 Å². The molecule has 0 bridgehead atoms. The molecule has 2 aromatic rings. The summed E-state index contributed by atoms with van der Waals surface area (Å²) in [6, 6.07) is 8.71. The molecule has 1 unspecified atom stereocenters. The second-order valence-corrected chi connectivity index (χ2v) is 8.94. The molecule has 1 atom stereocenters. The van der Waals surface area contributed by atoms with E-state index in [9.17, 15) is 0 Å². The van der Waals surface area contributed by atoms with E-state index in [-0.39, 0.29) is 18.4 Å². The number of rotatable bonds is 5. The van der Waals surface area contributed by atoms with Gasteiger partial charge in [0.2, 0.25) is 0 Å². The highest BCUT2D eigenvalue weighted by Gasteiger charge is 2.29. The Morgan fingerprint density at radius 1 is 1.32 bits per heavy atom. The number of hydrogen-bond acceptors (Lipinski definition) is 5. The summed E-state index contributed by atoms with van der Waals surface area (Å²) in [6.07, 6.45) is 14.5. The normalized spacial score (nSPS) is 21.3. The summed E-state index contributed by atoms with van der Waals surface area (Å²) in [4.78, 5) is 12.2. The smallest absolute Gasteiger partial charge is 0.0888 e. The first kappa shape index (κ1) is 22.1. The van der Waals surface area contributed by atoms with E-state index < -0.39 is 0 Å². The van der Waals surface area contributed by atoms with Crippen LogP contribution in [0, 0.1) is 0 Å². The molecule has 1 aromatic carbocycles. The van der Waals surface area contributed by atoms with Crippen LogP contribution in [0.2, 0.25) is 0 Å². The van der Waals surface area contributed by atoms with Gasteiger partial charge in [0, 0.05) is 35.5 Å². The number of fused-ring (bicyclic) bond motifs is 3. The molecule has 5 rings (SSSR count). The number of ether oxygens (including phenoxy) is 1. The highest BCUT2D eigenvalue weighted by atomic mass is 35.5. The molecule has 1 aromatic heterocycles. The first-order valence-electron chi connectivity index (χ1n) is 10.8. The van der Waals surface area contributed by atoms with Crippen LogP contribution in [0.1, 0.15) is 31.9 Å². The molecule has 3 heterocycles. The van der Waals surface area contributed by atoms with E-state index in [1.54, 1.807) is 0 Å². The van der Waals surface area contributed by atoms with E-state index in [4.69, 9.17) is 9.73 Å². The van der Waals surface area contributed by atoms with Crippen molar-refractivity contribution in [1.82, 2.24) is 9.88 Å². The minimum absolute atomic E-state index is 0. The van der Waals surface area contributed by atoms with Crippen molar-refractivity contribution in [3.63, 3.8) is 0 Å². The summed E-state index contributed by atoms with van der Waals surface area (Å²) in [7, 11) is 0. The van der Waals surface area contributed by atoms with Gasteiger partial charge in [0.25, 0.3) is 0 Å². The third-order valence-corrected chi connectivity index (χ3v) is 6.74. The van der Waals surface area contributed by atoms with Crippen LogP contribution < -0.4 is 0 Å². The molecule has 0 amide bonds. The lowest BCUT2D eigenvalue weighted by Crippen LogP contribution is -2.43. The van der Waals surface area contributed by atoms with E-state index in [2.05, 4.69) is 65.5 Å². The van der Waals surface area contributed by atoms with Gasteiger partial charge < -0.3 is 9.64 Å². The summed E-state index contributed by atoms with van der Waals surface area (Å²) in [5.74, 6) is 1.99. The van der Waals surface area contributed by atoms with E-state index >= 15 is 0 Å². The molecule has 0 N–H and O–H groups in total. The Hall–Kier alpha value is -2.08. The van der Waals surface area contributed by atoms with Gasteiger partial charge in [-0.3, -0.25) is 9.98 Å². The van der Waals surface area contributed by atoms with Crippen molar-refractivity contribution in [2.75, 3.05) is 18.2 Å². The molecule has 3 aliphatic rings. The van der Waals surface area contributed by atoms with Crippen LogP contribution in [0.3, 0.4) is 0 Å². The number of hydrogen-bond donors (Lipinski definition) is 0. The Balaban J connectivity index is 0.00000231. The van der Waals surface area contributed by atoms with Crippen molar-refractivity contribution < 1.29 is 4.74 Å².